The quantitative estimate of drug-likeness (QED) is 0.873. The SMILES string of the molecule is O=C(NCCc1ccc(F)cc1)NC1(c2ccccc2)CC1. The minimum absolute atomic E-state index is 0.150. The molecule has 0 aromatic heterocycles. The summed E-state index contributed by atoms with van der Waals surface area (Å²) in [6.07, 6.45) is 2.64. The maximum atomic E-state index is 12.8. The van der Waals surface area contributed by atoms with E-state index in [0.29, 0.717) is 13.0 Å². The molecule has 0 unspecified atom stereocenters. The Morgan fingerprint density at radius 2 is 1.73 bits per heavy atom. The highest BCUT2D eigenvalue weighted by Crippen LogP contribution is 2.45. The Labute approximate surface area is 129 Å². The summed E-state index contributed by atoms with van der Waals surface area (Å²) in [6, 6.07) is 16.2. The standard InChI is InChI=1S/C18H19FN2O/c19-16-8-6-14(7-9-16)10-13-20-17(22)21-18(11-12-18)15-4-2-1-3-5-15/h1-9H,10-13H2,(H2,20,21,22). The van der Waals surface area contributed by atoms with Gasteiger partial charge in [-0.1, -0.05) is 42.5 Å². The monoisotopic (exact) mass is 298 g/mol. The molecular formula is C18H19FN2O. The van der Waals surface area contributed by atoms with Crippen LogP contribution in [0.1, 0.15) is 24.0 Å². The molecule has 3 rings (SSSR count). The van der Waals surface area contributed by atoms with Crippen molar-refractivity contribution >= 4 is 6.03 Å². The molecule has 1 aliphatic rings. The van der Waals surface area contributed by atoms with Crippen LogP contribution in [0.25, 0.3) is 0 Å². The number of hydrogen-bond donors (Lipinski definition) is 2. The van der Waals surface area contributed by atoms with E-state index in [1.807, 2.05) is 30.3 Å². The zero-order chi connectivity index (χ0) is 15.4. The minimum Gasteiger partial charge on any atom is -0.338 e. The molecule has 0 atom stereocenters. The van der Waals surface area contributed by atoms with Gasteiger partial charge in [-0.3, -0.25) is 0 Å². The molecule has 2 N–H and O–H groups in total. The number of nitrogens with one attached hydrogen (secondary N) is 2. The first-order valence-electron chi connectivity index (χ1n) is 7.54. The second-order valence-electron chi connectivity index (χ2n) is 5.71. The van der Waals surface area contributed by atoms with Crippen molar-refractivity contribution in [1.29, 1.82) is 0 Å². The molecule has 1 saturated carbocycles. The molecule has 114 valence electrons. The molecule has 3 nitrogen and oxygen atoms in total. The third-order valence-electron chi connectivity index (χ3n) is 4.04. The van der Waals surface area contributed by atoms with Gasteiger partial charge in [0.15, 0.2) is 0 Å². The van der Waals surface area contributed by atoms with E-state index in [1.165, 1.54) is 12.1 Å². The van der Waals surface area contributed by atoms with Crippen LogP contribution in [0.4, 0.5) is 9.18 Å². The molecule has 2 aromatic rings. The van der Waals surface area contributed by atoms with Gasteiger partial charge in [-0.2, -0.15) is 0 Å². The molecule has 4 heteroatoms. The maximum absolute atomic E-state index is 12.8. The largest absolute Gasteiger partial charge is 0.338 e. The molecule has 0 radical (unpaired) electrons. The highest BCUT2D eigenvalue weighted by Gasteiger charge is 2.45. The number of carbonyl (C=O) groups excluding carboxylic acids is 1. The Morgan fingerprint density at radius 1 is 1.05 bits per heavy atom. The van der Waals surface area contributed by atoms with Gasteiger partial charge in [0, 0.05) is 6.54 Å². The van der Waals surface area contributed by atoms with Gasteiger partial charge in [-0.05, 0) is 42.5 Å². The van der Waals surface area contributed by atoms with E-state index >= 15 is 0 Å². The minimum atomic E-state index is -0.243. The van der Waals surface area contributed by atoms with Crippen molar-refractivity contribution < 1.29 is 9.18 Å². The lowest BCUT2D eigenvalue weighted by Gasteiger charge is -2.18. The van der Waals surface area contributed by atoms with E-state index in [2.05, 4.69) is 10.6 Å². The molecule has 1 aliphatic carbocycles. The smallest absolute Gasteiger partial charge is 0.315 e. The third kappa shape index (κ3) is 3.45. The number of carbonyl (C=O) groups is 1. The average Bonchev–Trinajstić information content (AvgIpc) is 3.31. The van der Waals surface area contributed by atoms with E-state index in [1.54, 1.807) is 12.1 Å². The van der Waals surface area contributed by atoms with Crippen molar-refractivity contribution in [3.8, 4) is 0 Å². The predicted octanol–water partition coefficient (Wildman–Crippen LogP) is 3.36. The third-order valence-corrected chi connectivity index (χ3v) is 4.04. The summed E-state index contributed by atoms with van der Waals surface area (Å²) >= 11 is 0. The maximum Gasteiger partial charge on any atom is 0.315 e. The first kappa shape index (κ1) is 14.6. The molecule has 0 spiro atoms. The van der Waals surface area contributed by atoms with Crippen LogP contribution in [0.15, 0.2) is 54.6 Å². The van der Waals surface area contributed by atoms with Gasteiger partial charge >= 0.3 is 6.03 Å². The lowest BCUT2D eigenvalue weighted by Crippen LogP contribution is -2.42. The fourth-order valence-corrected chi connectivity index (χ4v) is 2.60. The average molecular weight is 298 g/mol. The number of urea groups is 1. The fraction of sp³-hybridized carbons (Fsp3) is 0.278. The molecule has 2 amide bonds. The molecule has 0 bridgehead atoms. The molecule has 22 heavy (non-hydrogen) atoms. The van der Waals surface area contributed by atoms with Crippen LogP contribution < -0.4 is 10.6 Å². The zero-order valence-corrected chi connectivity index (χ0v) is 12.3. The van der Waals surface area contributed by atoms with Crippen molar-refractivity contribution in [1.82, 2.24) is 10.6 Å². The number of hydrogen-bond acceptors (Lipinski definition) is 1. The van der Waals surface area contributed by atoms with E-state index in [4.69, 9.17) is 0 Å². The molecule has 2 aromatic carbocycles. The fourth-order valence-electron chi connectivity index (χ4n) is 2.60. The number of benzene rings is 2. The number of amides is 2. The van der Waals surface area contributed by atoms with Crippen LogP contribution in [0.2, 0.25) is 0 Å². The van der Waals surface area contributed by atoms with Crippen LogP contribution in [-0.2, 0) is 12.0 Å². The van der Waals surface area contributed by atoms with Crippen molar-refractivity contribution in [2.24, 2.45) is 0 Å². The van der Waals surface area contributed by atoms with Crippen LogP contribution >= 0.6 is 0 Å². The lowest BCUT2D eigenvalue weighted by molar-refractivity contribution is 0.236. The summed E-state index contributed by atoms with van der Waals surface area (Å²) in [6.45, 7) is 0.530. The van der Waals surface area contributed by atoms with Gasteiger partial charge < -0.3 is 10.6 Å². The summed E-state index contributed by atoms with van der Waals surface area (Å²) in [5, 5.41) is 5.94. The molecular weight excluding hydrogens is 279 g/mol. The van der Waals surface area contributed by atoms with Gasteiger partial charge in [0.1, 0.15) is 5.82 Å². The van der Waals surface area contributed by atoms with Gasteiger partial charge in [-0.15, -0.1) is 0 Å². The molecule has 1 fully saturated rings. The summed E-state index contributed by atoms with van der Waals surface area (Å²) in [5.74, 6) is -0.243. The summed E-state index contributed by atoms with van der Waals surface area (Å²) in [5.41, 5.74) is 1.97. The van der Waals surface area contributed by atoms with Gasteiger partial charge in [0.2, 0.25) is 0 Å². The van der Waals surface area contributed by atoms with Crippen LogP contribution in [0.5, 0.6) is 0 Å². The number of halogens is 1. The highest BCUT2D eigenvalue weighted by atomic mass is 19.1. The van der Waals surface area contributed by atoms with Crippen LogP contribution in [0, 0.1) is 5.82 Å². The van der Waals surface area contributed by atoms with Crippen LogP contribution in [-0.4, -0.2) is 12.6 Å². The van der Waals surface area contributed by atoms with E-state index in [9.17, 15) is 9.18 Å². The Balaban J connectivity index is 1.48. The van der Waals surface area contributed by atoms with E-state index in [0.717, 1.165) is 24.0 Å². The lowest BCUT2D eigenvalue weighted by atomic mass is 10.1. The van der Waals surface area contributed by atoms with Gasteiger partial charge in [-0.25, -0.2) is 9.18 Å². The summed E-state index contributed by atoms with van der Waals surface area (Å²) in [7, 11) is 0. The number of rotatable bonds is 5. The van der Waals surface area contributed by atoms with E-state index in [-0.39, 0.29) is 17.4 Å². The second kappa shape index (κ2) is 6.18. The van der Waals surface area contributed by atoms with Gasteiger partial charge in [0.05, 0.1) is 5.54 Å². The van der Waals surface area contributed by atoms with Crippen molar-refractivity contribution in [2.45, 2.75) is 24.8 Å². The summed E-state index contributed by atoms with van der Waals surface area (Å²) < 4.78 is 12.8. The topological polar surface area (TPSA) is 41.1 Å². The highest BCUT2D eigenvalue weighted by molar-refractivity contribution is 5.75. The normalized spacial score (nSPS) is 15.1. The first-order chi connectivity index (χ1) is 10.7. The van der Waals surface area contributed by atoms with E-state index < -0.39 is 0 Å². The summed E-state index contributed by atoms with van der Waals surface area (Å²) in [4.78, 5) is 12.0. The Kier molecular flexibility index (Phi) is 4.09. The Morgan fingerprint density at radius 3 is 2.36 bits per heavy atom. The molecule has 0 heterocycles. The van der Waals surface area contributed by atoms with Gasteiger partial charge in [0.25, 0.3) is 0 Å². The van der Waals surface area contributed by atoms with Crippen LogP contribution in [0.3, 0.4) is 0 Å². The van der Waals surface area contributed by atoms with Crippen molar-refractivity contribution in [3.63, 3.8) is 0 Å². The Bertz CT molecular complexity index is 636. The Hall–Kier alpha value is -2.36. The first-order valence-corrected chi connectivity index (χ1v) is 7.54. The van der Waals surface area contributed by atoms with Crippen molar-refractivity contribution in [2.75, 3.05) is 6.54 Å². The van der Waals surface area contributed by atoms with Crippen molar-refractivity contribution in [3.05, 3.63) is 71.5 Å². The predicted molar refractivity (Wildman–Crippen MR) is 84.0 cm³/mol. The zero-order valence-electron chi connectivity index (χ0n) is 12.3. The molecule has 0 saturated heterocycles. The molecule has 0 aliphatic heterocycles. The second-order valence-corrected chi connectivity index (χ2v) is 5.71.